The van der Waals surface area contributed by atoms with Crippen molar-refractivity contribution in [1.29, 1.82) is 0 Å². The van der Waals surface area contributed by atoms with Crippen LogP contribution >= 0.6 is 23.2 Å². The number of ether oxygens (including phenoxy) is 1. The average Bonchev–Trinajstić information content (AvgIpc) is 3.06. The van der Waals surface area contributed by atoms with Gasteiger partial charge in [-0.15, -0.1) is 0 Å². The highest BCUT2D eigenvalue weighted by atomic mass is 35.5. The van der Waals surface area contributed by atoms with E-state index in [-0.39, 0.29) is 25.7 Å². The molecule has 0 unspecified atom stereocenters. The maximum absolute atomic E-state index is 13.4. The highest BCUT2D eigenvalue weighted by Gasteiger charge is 2.47. The van der Waals surface area contributed by atoms with Gasteiger partial charge in [-0.05, 0) is 37.5 Å². The van der Waals surface area contributed by atoms with Crippen molar-refractivity contribution < 1.29 is 22.8 Å². The maximum Gasteiger partial charge on any atom is 0.310 e. The van der Waals surface area contributed by atoms with Crippen LogP contribution in [0.4, 0.5) is 0 Å². The van der Waals surface area contributed by atoms with Crippen molar-refractivity contribution in [2.75, 3.05) is 33.4 Å². The molecule has 0 spiro atoms. The molecule has 3 atom stereocenters. The van der Waals surface area contributed by atoms with Crippen LogP contribution in [0.5, 0.6) is 0 Å². The molecule has 28 heavy (non-hydrogen) atoms. The zero-order valence-corrected chi connectivity index (χ0v) is 18.1. The zero-order chi connectivity index (χ0) is 20.5. The first kappa shape index (κ1) is 21.8. The Hall–Kier alpha value is -0.900. The second kappa shape index (κ2) is 8.85. The van der Waals surface area contributed by atoms with Crippen LogP contribution in [-0.2, 0) is 24.4 Å². The molecule has 7 nitrogen and oxygen atoms in total. The fourth-order valence-corrected chi connectivity index (χ4v) is 6.13. The number of carbonyl (C=O) groups excluding carboxylic acids is 1. The Morgan fingerprint density at radius 3 is 2.75 bits per heavy atom. The van der Waals surface area contributed by atoms with Crippen molar-refractivity contribution in [2.24, 2.45) is 5.92 Å². The number of hydrogen-bond donors (Lipinski definition) is 0. The van der Waals surface area contributed by atoms with Crippen LogP contribution in [0.25, 0.3) is 0 Å². The summed E-state index contributed by atoms with van der Waals surface area (Å²) in [5.41, 5.74) is 0.710. The van der Waals surface area contributed by atoms with Crippen LogP contribution in [0.15, 0.2) is 18.2 Å². The number of halogens is 2. The van der Waals surface area contributed by atoms with Crippen LogP contribution in [0, 0.1) is 5.92 Å². The lowest BCUT2D eigenvalue weighted by Crippen LogP contribution is -2.48. The van der Waals surface area contributed by atoms with E-state index in [1.54, 1.807) is 32.2 Å². The molecular formula is C18H24Cl2N2O5S. The van der Waals surface area contributed by atoms with Crippen molar-refractivity contribution in [1.82, 2.24) is 9.37 Å². The number of rotatable bonds is 5. The average molecular weight is 451 g/mol. The second-order valence-corrected chi connectivity index (χ2v) is 9.96. The molecule has 0 bridgehead atoms. The molecule has 0 aromatic heterocycles. The molecule has 2 heterocycles. The van der Waals surface area contributed by atoms with Gasteiger partial charge in [0.25, 0.3) is 0 Å². The van der Waals surface area contributed by atoms with Crippen LogP contribution in [0.1, 0.15) is 31.4 Å². The van der Waals surface area contributed by atoms with Gasteiger partial charge in [-0.25, -0.2) is 12.7 Å². The second-order valence-electron chi connectivity index (χ2n) is 6.99. The summed E-state index contributed by atoms with van der Waals surface area (Å²) < 4.78 is 33.3. The number of piperidine rings is 1. The van der Waals surface area contributed by atoms with Gasteiger partial charge in [0.05, 0.1) is 35.2 Å². The lowest BCUT2D eigenvalue weighted by atomic mass is 10.0. The van der Waals surface area contributed by atoms with Gasteiger partial charge in [0.15, 0.2) is 0 Å². The number of sulfonamides is 1. The van der Waals surface area contributed by atoms with E-state index in [1.807, 2.05) is 0 Å². The number of nitrogens with zero attached hydrogens (tertiary/aromatic N) is 2. The molecule has 10 heteroatoms. The standard InChI is InChI=1S/C18H24Cl2N2O5S/c1-3-26-18(23)13-5-4-8-22(10-13)28(24,25)16-11-27-21(2)17(16)12-6-7-14(19)15(20)9-12/h6-7,9,13,16-17H,3-5,8,10-11H2,1-2H3/t13-,16-,17+/m1/s1. The van der Waals surface area contributed by atoms with Crippen molar-refractivity contribution >= 4 is 39.2 Å². The van der Waals surface area contributed by atoms with Gasteiger partial charge in [-0.3, -0.25) is 9.63 Å². The summed E-state index contributed by atoms with van der Waals surface area (Å²) in [5, 5.41) is 1.49. The third-order valence-corrected chi connectivity index (χ3v) is 8.17. The van der Waals surface area contributed by atoms with E-state index in [2.05, 4.69) is 0 Å². The minimum Gasteiger partial charge on any atom is -0.466 e. The summed E-state index contributed by atoms with van der Waals surface area (Å²) in [7, 11) is -2.02. The van der Waals surface area contributed by atoms with Crippen molar-refractivity contribution in [3.05, 3.63) is 33.8 Å². The van der Waals surface area contributed by atoms with E-state index in [0.29, 0.717) is 35.0 Å². The number of carbonyl (C=O) groups is 1. The van der Waals surface area contributed by atoms with E-state index < -0.39 is 27.2 Å². The van der Waals surface area contributed by atoms with Gasteiger partial charge in [0, 0.05) is 20.1 Å². The van der Waals surface area contributed by atoms with E-state index >= 15 is 0 Å². The first-order valence-electron chi connectivity index (χ1n) is 9.22. The Morgan fingerprint density at radius 1 is 1.32 bits per heavy atom. The number of esters is 1. The first-order chi connectivity index (χ1) is 13.3. The van der Waals surface area contributed by atoms with Gasteiger partial charge in [-0.1, -0.05) is 29.3 Å². The Balaban J connectivity index is 1.85. The first-order valence-corrected chi connectivity index (χ1v) is 11.5. The predicted octanol–water partition coefficient (Wildman–Crippen LogP) is 2.89. The van der Waals surface area contributed by atoms with Crippen molar-refractivity contribution in [2.45, 2.75) is 31.1 Å². The SMILES string of the molecule is CCOC(=O)[C@@H]1CCCN(S(=O)(=O)[C@@H]2CON(C)[C@H]2c2ccc(Cl)c(Cl)c2)C1. The molecule has 0 N–H and O–H groups in total. The summed E-state index contributed by atoms with van der Waals surface area (Å²) in [5.74, 6) is -0.782. The molecule has 1 aromatic carbocycles. The molecule has 2 aliphatic heterocycles. The molecule has 2 fully saturated rings. The summed E-state index contributed by atoms with van der Waals surface area (Å²) in [6, 6.07) is 4.54. The maximum atomic E-state index is 13.4. The van der Waals surface area contributed by atoms with Gasteiger partial charge in [0.2, 0.25) is 10.0 Å². The minimum absolute atomic E-state index is 0.0321. The molecule has 0 radical (unpaired) electrons. The monoisotopic (exact) mass is 450 g/mol. The largest absolute Gasteiger partial charge is 0.466 e. The quantitative estimate of drug-likeness (QED) is 0.641. The van der Waals surface area contributed by atoms with Crippen LogP contribution in [0.2, 0.25) is 10.0 Å². The Kier molecular flexibility index (Phi) is 6.89. The number of hydrogen-bond acceptors (Lipinski definition) is 6. The molecule has 0 aliphatic carbocycles. The molecule has 3 rings (SSSR count). The molecule has 2 aliphatic rings. The Labute approximate surface area is 175 Å². The topological polar surface area (TPSA) is 76.1 Å². The highest BCUT2D eigenvalue weighted by molar-refractivity contribution is 7.89. The number of benzene rings is 1. The van der Waals surface area contributed by atoms with Crippen molar-refractivity contribution in [3.63, 3.8) is 0 Å². The Bertz CT molecular complexity index is 835. The summed E-state index contributed by atoms with van der Waals surface area (Å²) in [4.78, 5) is 17.6. The third kappa shape index (κ3) is 4.32. The van der Waals surface area contributed by atoms with Gasteiger partial charge in [0.1, 0.15) is 5.25 Å². The fourth-order valence-electron chi connectivity index (χ4n) is 3.78. The summed E-state index contributed by atoms with van der Waals surface area (Å²) in [6.07, 6.45) is 1.24. The molecule has 0 saturated carbocycles. The van der Waals surface area contributed by atoms with E-state index in [9.17, 15) is 13.2 Å². The lowest BCUT2D eigenvalue weighted by Gasteiger charge is -2.34. The molecular weight excluding hydrogens is 427 g/mol. The van der Waals surface area contributed by atoms with Crippen LogP contribution < -0.4 is 0 Å². The third-order valence-electron chi connectivity index (χ3n) is 5.22. The predicted molar refractivity (Wildman–Crippen MR) is 107 cm³/mol. The van der Waals surface area contributed by atoms with E-state index in [0.717, 1.165) is 0 Å². The summed E-state index contributed by atoms with van der Waals surface area (Å²) >= 11 is 12.1. The normalized spacial score (nSPS) is 27.1. The smallest absolute Gasteiger partial charge is 0.310 e. The summed E-state index contributed by atoms with van der Waals surface area (Å²) in [6.45, 7) is 2.57. The zero-order valence-electron chi connectivity index (χ0n) is 15.8. The molecule has 156 valence electrons. The van der Waals surface area contributed by atoms with Crippen molar-refractivity contribution in [3.8, 4) is 0 Å². The van der Waals surface area contributed by atoms with E-state index in [4.69, 9.17) is 32.8 Å². The number of hydroxylamine groups is 2. The molecule has 2 saturated heterocycles. The van der Waals surface area contributed by atoms with Crippen LogP contribution in [-0.4, -0.2) is 62.4 Å². The molecule has 1 aromatic rings. The highest BCUT2D eigenvalue weighted by Crippen LogP contribution is 2.38. The van der Waals surface area contributed by atoms with Crippen LogP contribution in [0.3, 0.4) is 0 Å². The van der Waals surface area contributed by atoms with Gasteiger partial charge < -0.3 is 4.74 Å². The minimum atomic E-state index is -3.71. The van der Waals surface area contributed by atoms with Gasteiger partial charge >= 0.3 is 5.97 Å². The lowest BCUT2D eigenvalue weighted by molar-refractivity contribution is -0.149. The fraction of sp³-hybridized carbons (Fsp3) is 0.611. The Morgan fingerprint density at radius 2 is 2.07 bits per heavy atom. The van der Waals surface area contributed by atoms with E-state index in [1.165, 1.54) is 9.37 Å². The van der Waals surface area contributed by atoms with Gasteiger partial charge in [-0.2, -0.15) is 5.06 Å². The molecule has 0 amide bonds.